The molecule has 3 aromatic rings. The van der Waals surface area contributed by atoms with Gasteiger partial charge in [0.15, 0.2) is 0 Å². The maximum atomic E-state index is 12.7. The van der Waals surface area contributed by atoms with Crippen LogP contribution in [0.5, 0.6) is 0 Å². The number of fused-ring (bicyclic) bond motifs is 1. The Morgan fingerprint density at radius 2 is 2.08 bits per heavy atom. The zero-order chi connectivity index (χ0) is 18.9. The second-order valence-corrected chi connectivity index (χ2v) is 5.81. The SMILES string of the molecule is CCN(Cc1ccoc1)C(=O)c1ccc2[nH]c(=O)n(CC(F)(F)F)c2c1. The molecule has 2 aromatic heterocycles. The van der Waals surface area contributed by atoms with E-state index in [0.29, 0.717) is 17.7 Å². The van der Waals surface area contributed by atoms with Crippen molar-refractivity contribution in [2.75, 3.05) is 6.54 Å². The number of aromatic nitrogens is 2. The summed E-state index contributed by atoms with van der Waals surface area (Å²) in [5.41, 5.74) is 0.425. The van der Waals surface area contributed by atoms with Crippen molar-refractivity contribution in [3.8, 4) is 0 Å². The number of hydrogen-bond donors (Lipinski definition) is 1. The molecule has 1 amide bonds. The van der Waals surface area contributed by atoms with Gasteiger partial charge >= 0.3 is 11.9 Å². The highest BCUT2D eigenvalue weighted by Gasteiger charge is 2.30. The van der Waals surface area contributed by atoms with Crippen LogP contribution in [0.25, 0.3) is 11.0 Å². The Morgan fingerprint density at radius 3 is 2.69 bits per heavy atom. The minimum absolute atomic E-state index is 0.0394. The summed E-state index contributed by atoms with van der Waals surface area (Å²) in [6.45, 7) is 1.10. The summed E-state index contributed by atoms with van der Waals surface area (Å²) in [6.07, 6.45) is -1.53. The number of furan rings is 1. The van der Waals surface area contributed by atoms with Crippen LogP contribution in [-0.2, 0) is 13.1 Å². The molecule has 2 heterocycles. The number of carbonyl (C=O) groups is 1. The Balaban J connectivity index is 1.95. The Bertz CT molecular complexity index is 971. The van der Waals surface area contributed by atoms with Crippen molar-refractivity contribution in [2.24, 2.45) is 0 Å². The van der Waals surface area contributed by atoms with Crippen LogP contribution in [0.4, 0.5) is 13.2 Å². The molecule has 0 aliphatic rings. The average molecular weight is 367 g/mol. The molecular formula is C17H16F3N3O3. The maximum Gasteiger partial charge on any atom is 0.406 e. The Hall–Kier alpha value is -2.97. The minimum Gasteiger partial charge on any atom is -0.472 e. The molecule has 26 heavy (non-hydrogen) atoms. The van der Waals surface area contributed by atoms with Crippen LogP contribution in [0.15, 0.2) is 46.0 Å². The van der Waals surface area contributed by atoms with Crippen molar-refractivity contribution in [3.05, 3.63) is 58.4 Å². The van der Waals surface area contributed by atoms with E-state index in [2.05, 4.69) is 4.98 Å². The number of aromatic amines is 1. The summed E-state index contributed by atoms with van der Waals surface area (Å²) in [5.74, 6) is -0.345. The molecule has 0 bridgehead atoms. The molecule has 0 fully saturated rings. The van der Waals surface area contributed by atoms with Gasteiger partial charge in [-0.2, -0.15) is 13.2 Å². The molecule has 6 nitrogen and oxygen atoms in total. The van der Waals surface area contributed by atoms with E-state index in [1.807, 2.05) is 0 Å². The molecule has 0 saturated carbocycles. The van der Waals surface area contributed by atoms with Crippen LogP contribution >= 0.6 is 0 Å². The number of benzene rings is 1. The van der Waals surface area contributed by atoms with Crippen LogP contribution in [0.3, 0.4) is 0 Å². The van der Waals surface area contributed by atoms with Gasteiger partial charge in [0.05, 0.1) is 23.6 Å². The van der Waals surface area contributed by atoms with Gasteiger partial charge in [-0.1, -0.05) is 0 Å². The first-order valence-corrected chi connectivity index (χ1v) is 7.88. The van der Waals surface area contributed by atoms with E-state index < -0.39 is 18.4 Å². The first-order chi connectivity index (χ1) is 12.3. The molecule has 0 atom stereocenters. The van der Waals surface area contributed by atoms with Gasteiger partial charge in [0, 0.05) is 24.2 Å². The van der Waals surface area contributed by atoms with Gasteiger partial charge < -0.3 is 14.3 Å². The van der Waals surface area contributed by atoms with Crippen LogP contribution < -0.4 is 5.69 Å². The van der Waals surface area contributed by atoms with Crippen LogP contribution in [0.1, 0.15) is 22.8 Å². The smallest absolute Gasteiger partial charge is 0.406 e. The fraction of sp³-hybridized carbons (Fsp3) is 0.294. The van der Waals surface area contributed by atoms with Crippen molar-refractivity contribution in [3.63, 3.8) is 0 Å². The predicted octanol–water partition coefficient (Wildman–Crippen LogP) is 3.15. The molecule has 0 saturated heterocycles. The number of rotatable bonds is 5. The number of nitrogens with zero attached hydrogens (tertiary/aromatic N) is 2. The quantitative estimate of drug-likeness (QED) is 0.753. The Morgan fingerprint density at radius 1 is 1.31 bits per heavy atom. The summed E-state index contributed by atoms with van der Waals surface area (Å²) in [4.78, 5) is 28.4. The van der Waals surface area contributed by atoms with E-state index in [4.69, 9.17) is 4.42 Å². The molecule has 9 heteroatoms. The lowest BCUT2D eigenvalue weighted by atomic mass is 10.1. The largest absolute Gasteiger partial charge is 0.472 e. The van der Waals surface area contributed by atoms with Gasteiger partial charge in [0.2, 0.25) is 0 Å². The Labute approximate surface area is 145 Å². The second-order valence-electron chi connectivity index (χ2n) is 5.81. The van der Waals surface area contributed by atoms with Gasteiger partial charge in [-0.25, -0.2) is 4.79 Å². The minimum atomic E-state index is -4.55. The fourth-order valence-electron chi connectivity index (χ4n) is 2.73. The molecule has 0 aliphatic heterocycles. The molecule has 0 radical (unpaired) electrons. The van der Waals surface area contributed by atoms with Crippen molar-refractivity contribution in [1.82, 2.24) is 14.5 Å². The lowest BCUT2D eigenvalue weighted by Gasteiger charge is -2.20. The third kappa shape index (κ3) is 3.66. The monoisotopic (exact) mass is 367 g/mol. The van der Waals surface area contributed by atoms with E-state index in [-0.39, 0.29) is 22.5 Å². The normalized spacial score (nSPS) is 11.8. The highest BCUT2D eigenvalue weighted by Crippen LogP contribution is 2.21. The zero-order valence-electron chi connectivity index (χ0n) is 13.8. The summed E-state index contributed by atoms with van der Waals surface area (Å²) >= 11 is 0. The fourth-order valence-corrected chi connectivity index (χ4v) is 2.73. The lowest BCUT2D eigenvalue weighted by Crippen LogP contribution is -2.30. The number of amides is 1. The van der Waals surface area contributed by atoms with E-state index in [1.165, 1.54) is 35.6 Å². The topological polar surface area (TPSA) is 71.2 Å². The number of H-pyrrole nitrogens is 1. The average Bonchev–Trinajstić information content (AvgIpc) is 3.19. The molecule has 0 spiro atoms. The number of imidazole rings is 1. The molecule has 3 rings (SSSR count). The molecule has 0 aliphatic carbocycles. The van der Waals surface area contributed by atoms with Gasteiger partial charge in [0.1, 0.15) is 6.54 Å². The van der Waals surface area contributed by atoms with Gasteiger partial charge in [0.25, 0.3) is 5.91 Å². The third-order valence-electron chi connectivity index (χ3n) is 3.98. The number of nitrogens with one attached hydrogen (secondary N) is 1. The van der Waals surface area contributed by atoms with Crippen LogP contribution in [0, 0.1) is 0 Å². The van der Waals surface area contributed by atoms with E-state index in [0.717, 1.165) is 5.56 Å². The van der Waals surface area contributed by atoms with E-state index >= 15 is 0 Å². The van der Waals surface area contributed by atoms with Crippen LogP contribution in [0.2, 0.25) is 0 Å². The summed E-state index contributed by atoms with van der Waals surface area (Å²) in [7, 11) is 0. The molecule has 1 aromatic carbocycles. The van der Waals surface area contributed by atoms with Crippen molar-refractivity contribution >= 4 is 16.9 Å². The first kappa shape index (κ1) is 17.8. The van der Waals surface area contributed by atoms with Gasteiger partial charge in [-0.05, 0) is 31.2 Å². The summed E-state index contributed by atoms with van der Waals surface area (Å²) in [5, 5.41) is 0. The zero-order valence-corrected chi connectivity index (χ0v) is 13.8. The molecule has 1 N–H and O–H groups in total. The van der Waals surface area contributed by atoms with Crippen molar-refractivity contribution in [2.45, 2.75) is 26.2 Å². The van der Waals surface area contributed by atoms with Gasteiger partial charge in [-0.15, -0.1) is 0 Å². The highest BCUT2D eigenvalue weighted by atomic mass is 19.4. The Kier molecular flexibility index (Phi) is 4.62. The van der Waals surface area contributed by atoms with Crippen molar-refractivity contribution in [1.29, 1.82) is 0 Å². The highest BCUT2D eigenvalue weighted by molar-refractivity contribution is 5.97. The van der Waals surface area contributed by atoms with Crippen LogP contribution in [-0.4, -0.2) is 33.1 Å². The van der Waals surface area contributed by atoms with E-state index in [1.54, 1.807) is 13.0 Å². The van der Waals surface area contributed by atoms with Gasteiger partial charge in [-0.3, -0.25) is 9.36 Å². The second kappa shape index (κ2) is 6.74. The number of carbonyl (C=O) groups excluding carboxylic acids is 1. The first-order valence-electron chi connectivity index (χ1n) is 7.88. The lowest BCUT2D eigenvalue weighted by molar-refractivity contribution is -0.140. The summed E-state index contributed by atoms with van der Waals surface area (Å²) in [6, 6.07) is 5.95. The number of halogens is 3. The third-order valence-corrected chi connectivity index (χ3v) is 3.98. The predicted molar refractivity (Wildman–Crippen MR) is 87.7 cm³/mol. The summed E-state index contributed by atoms with van der Waals surface area (Å²) < 4.78 is 43.7. The molecule has 138 valence electrons. The molecule has 0 unspecified atom stereocenters. The van der Waals surface area contributed by atoms with E-state index in [9.17, 15) is 22.8 Å². The number of hydrogen-bond acceptors (Lipinski definition) is 3. The van der Waals surface area contributed by atoms with Crippen molar-refractivity contribution < 1.29 is 22.4 Å². The molecular weight excluding hydrogens is 351 g/mol. The number of alkyl halides is 3. The maximum absolute atomic E-state index is 12.7. The standard InChI is InChI=1S/C17H16F3N3O3/c1-2-22(8-11-5-6-26-9-11)15(24)12-3-4-13-14(7-12)23(16(25)21-13)10-17(18,19)20/h3-7,9H,2,8,10H2,1H3,(H,21,25).